The van der Waals surface area contributed by atoms with E-state index in [4.69, 9.17) is 0 Å². The van der Waals surface area contributed by atoms with Crippen molar-refractivity contribution < 1.29 is 9.18 Å². The van der Waals surface area contributed by atoms with Crippen molar-refractivity contribution in [3.63, 3.8) is 0 Å². The fourth-order valence-electron chi connectivity index (χ4n) is 1.04. The van der Waals surface area contributed by atoms with E-state index in [1.54, 1.807) is 12.1 Å². The normalized spacial score (nSPS) is 9.92. The van der Waals surface area contributed by atoms with Gasteiger partial charge in [-0.15, -0.1) is 0 Å². The van der Waals surface area contributed by atoms with Crippen LogP contribution in [0.2, 0.25) is 0 Å². The van der Waals surface area contributed by atoms with E-state index in [0.29, 0.717) is 17.2 Å². The van der Waals surface area contributed by atoms with E-state index in [0.717, 1.165) is 5.56 Å². The summed E-state index contributed by atoms with van der Waals surface area (Å²) in [5, 5.41) is 0. The van der Waals surface area contributed by atoms with Gasteiger partial charge in [-0.3, -0.25) is 4.79 Å². The topological polar surface area (TPSA) is 17.1 Å². The maximum atomic E-state index is 13.2. The van der Waals surface area contributed by atoms with Gasteiger partial charge in [0.25, 0.3) is 0 Å². The third-order valence-electron chi connectivity index (χ3n) is 1.72. The second-order valence-corrected chi connectivity index (χ2v) is 3.26. The molecule has 0 heterocycles. The number of halogens is 2. The Morgan fingerprint density at radius 1 is 1.58 bits per heavy atom. The molecule has 3 heteroatoms. The molecule has 1 rings (SSSR count). The highest BCUT2D eigenvalue weighted by Crippen LogP contribution is 2.21. The second kappa shape index (κ2) is 3.81. The summed E-state index contributed by atoms with van der Waals surface area (Å²) in [5.41, 5.74) is 0.901. The molecule has 0 spiro atoms. The van der Waals surface area contributed by atoms with Gasteiger partial charge in [0, 0.05) is 0 Å². The Labute approximate surface area is 78.7 Å². The minimum absolute atomic E-state index is 0.159. The van der Waals surface area contributed by atoms with E-state index in [9.17, 15) is 9.18 Å². The molecule has 1 nitrogen and oxygen atoms in total. The highest BCUT2D eigenvalue weighted by molar-refractivity contribution is 9.10. The van der Waals surface area contributed by atoms with E-state index < -0.39 is 5.82 Å². The van der Waals surface area contributed by atoms with Gasteiger partial charge in [0.2, 0.25) is 0 Å². The van der Waals surface area contributed by atoms with Crippen LogP contribution in [0.5, 0.6) is 0 Å². The summed E-state index contributed by atoms with van der Waals surface area (Å²) >= 11 is 3.02. The molecule has 64 valence electrons. The van der Waals surface area contributed by atoms with Crippen LogP contribution in [-0.4, -0.2) is 6.29 Å². The van der Waals surface area contributed by atoms with Crippen LogP contribution in [0.15, 0.2) is 16.6 Å². The van der Waals surface area contributed by atoms with Crippen molar-refractivity contribution in [2.24, 2.45) is 0 Å². The van der Waals surface area contributed by atoms with Crippen LogP contribution < -0.4 is 0 Å². The van der Waals surface area contributed by atoms with Gasteiger partial charge in [0.05, 0.1) is 10.0 Å². The van der Waals surface area contributed by atoms with Gasteiger partial charge in [-0.2, -0.15) is 0 Å². The van der Waals surface area contributed by atoms with Gasteiger partial charge < -0.3 is 0 Å². The van der Waals surface area contributed by atoms with Crippen LogP contribution in [-0.2, 0) is 6.42 Å². The average molecular weight is 231 g/mol. The summed E-state index contributed by atoms with van der Waals surface area (Å²) < 4.78 is 13.5. The Morgan fingerprint density at radius 2 is 2.25 bits per heavy atom. The van der Waals surface area contributed by atoms with E-state index in [2.05, 4.69) is 15.9 Å². The fourth-order valence-corrected chi connectivity index (χ4v) is 1.39. The molecular formula is C9H8BrFO. The molecular weight excluding hydrogens is 223 g/mol. The molecule has 0 aliphatic carbocycles. The molecule has 0 atom stereocenters. The molecule has 0 N–H and O–H groups in total. The monoisotopic (exact) mass is 230 g/mol. The van der Waals surface area contributed by atoms with Crippen molar-refractivity contribution in [3.8, 4) is 0 Å². The molecule has 0 fully saturated rings. The molecule has 12 heavy (non-hydrogen) atoms. The van der Waals surface area contributed by atoms with Crippen molar-refractivity contribution >= 4 is 22.2 Å². The molecule has 0 aliphatic heterocycles. The zero-order valence-electron chi connectivity index (χ0n) is 6.60. The van der Waals surface area contributed by atoms with Crippen molar-refractivity contribution in [3.05, 3.63) is 33.5 Å². The van der Waals surface area contributed by atoms with Gasteiger partial charge in [-0.25, -0.2) is 4.39 Å². The van der Waals surface area contributed by atoms with E-state index in [-0.39, 0.29) is 5.56 Å². The number of hydrogen-bond acceptors (Lipinski definition) is 1. The van der Waals surface area contributed by atoms with Crippen LogP contribution in [0.4, 0.5) is 4.39 Å². The van der Waals surface area contributed by atoms with Gasteiger partial charge in [-0.05, 0) is 34.0 Å². The lowest BCUT2D eigenvalue weighted by atomic mass is 10.1. The highest BCUT2D eigenvalue weighted by atomic mass is 79.9. The SMILES string of the molecule is CCc1ccc(Br)c(F)c1C=O. The minimum atomic E-state index is -0.468. The summed E-state index contributed by atoms with van der Waals surface area (Å²) in [6, 6.07) is 3.36. The summed E-state index contributed by atoms with van der Waals surface area (Å²) in [6.07, 6.45) is 1.22. The number of aryl methyl sites for hydroxylation is 1. The maximum absolute atomic E-state index is 13.2. The predicted molar refractivity (Wildman–Crippen MR) is 48.9 cm³/mol. The second-order valence-electron chi connectivity index (χ2n) is 2.41. The molecule has 0 bridgehead atoms. The van der Waals surface area contributed by atoms with Crippen LogP contribution in [0.25, 0.3) is 0 Å². The lowest BCUT2D eigenvalue weighted by Crippen LogP contribution is -1.95. The van der Waals surface area contributed by atoms with Crippen molar-refractivity contribution in [1.82, 2.24) is 0 Å². The van der Waals surface area contributed by atoms with E-state index in [1.807, 2.05) is 6.92 Å². The predicted octanol–water partition coefficient (Wildman–Crippen LogP) is 2.96. The molecule has 0 saturated carbocycles. The minimum Gasteiger partial charge on any atom is -0.298 e. The Balaban J connectivity index is 3.35. The van der Waals surface area contributed by atoms with Crippen LogP contribution >= 0.6 is 15.9 Å². The number of aldehydes is 1. The van der Waals surface area contributed by atoms with E-state index in [1.165, 1.54) is 0 Å². The first-order valence-electron chi connectivity index (χ1n) is 3.62. The molecule has 0 radical (unpaired) electrons. The average Bonchev–Trinajstić information content (AvgIpc) is 2.09. The van der Waals surface area contributed by atoms with Crippen LogP contribution in [0.3, 0.4) is 0 Å². The molecule has 1 aromatic carbocycles. The molecule has 0 aromatic heterocycles. The lowest BCUT2D eigenvalue weighted by molar-refractivity contribution is 0.111. The van der Waals surface area contributed by atoms with Gasteiger partial charge in [-0.1, -0.05) is 13.0 Å². The quantitative estimate of drug-likeness (QED) is 0.715. The maximum Gasteiger partial charge on any atom is 0.153 e. The Kier molecular flexibility index (Phi) is 2.98. The molecule has 0 unspecified atom stereocenters. The molecule has 0 aliphatic rings. The summed E-state index contributed by atoms with van der Waals surface area (Å²) in [6.45, 7) is 1.88. The van der Waals surface area contributed by atoms with E-state index >= 15 is 0 Å². The van der Waals surface area contributed by atoms with Crippen molar-refractivity contribution in [2.45, 2.75) is 13.3 Å². The smallest absolute Gasteiger partial charge is 0.153 e. The largest absolute Gasteiger partial charge is 0.298 e. The number of carbonyl (C=O) groups excluding carboxylic acids is 1. The zero-order valence-corrected chi connectivity index (χ0v) is 8.19. The third kappa shape index (κ3) is 1.55. The first-order chi connectivity index (χ1) is 5.70. The Bertz CT molecular complexity index is 310. The Morgan fingerprint density at radius 3 is 2.75 bits per heavy atom. The van der Waals surface area contributed by atoms with Gasteiger partial charge in [0.15, 0.2) is 6.29 Å². The van der Waals surface area contributed by atoms with Crippen LogP contribution in [0, 0.1) is 5.82 Å². The first-order valence-corrected chi connectivity index (χ1v) is 4.42. The number of benzene rings is 1. The number of carbonyl (C=O) groups is 1. The Hall–Kier alpha value is -0.700. The third-order valence-corrected chi connectivity index (χ3v) is 2.33. The number of rotatable bonds is 2. The van der Waals surface area contributed by atoms with Gasteiger partial charge >= 0.3 is 0 Å². The standard InChI is InChI=1S/C9H8BrFO/c1-2-6-3-4-8(10)9(11)7(6)5-12/h3-5H,2H2,1H3. The molecule has 1 aromatic rings. The summed E-state index contributed by atoms with van der Waals surface area (Å²) in [5.74, 6) is -0.468. The molecule has 0 saturated heterocycles. The molecule has 0 amide bonds. The highest BCUT2D eigenvalue weighted by Gasteiger charge is 2.09. The summed E-state index contributed by atoms with van der Waals surface area (Å²) in [4.78, 5) is 10.5. The number of hydrogen-bond donors (Lipinski definition) is 0. The van der Waals surface area contributed by atoms with Crippen molar-refractivity contribution in [1.29, 1.82) is 0 Å². The summed E-state index contributed by atoms with van der Waals surface area (Å²) in [7, 11) is 0. The van der Waals surface area contributed by atoms with Crippen molar-refractivity contribution in [2.75, 3.05) is 0 Å². The fraction of sp³-hybridized carbons (Fsp3) is 0.222. The zero-order chi connectivity index (χ0) is 9.14. The van der Waals surface area contributed by atoms with Crippen LogP contribution in [0.1, 0.15) is 22.8 Å². The van der Waals surface area contributed by atoms with Gasteiger partial charge in [0.1, 0.15) is 5.82 Å². The lowest BCUT2D eigenvalue weighted by Gasteiger charge is -2.03. The first kappa shape index (κ1) is 9.39.